The van der Waals surface area contributed by atoms with E-state index in [1.807, 2.05) is 0 Å². The highest BCUT2D eigenvalue weighted by molar-refractivity contribution is 5.14. The van der Waals surface area contributed by atoms with Gasteiger partial charge in [0.2, 0.25) is 0 Å². The minimum absolute atomic E-state index is 0.683. The van der Waals surface area contributed by atoms with Gasteiger partial charge in [-0.05, 0) is 37.9 Å². The van der Waals surface area contributed by atoms with E-state index in [1.54, 1.807) is 0 Å². The zero-order valence-electron chi connectivity index (χ0n) is 11.6. The van der Waals surface area contributed by atoms with Crippen molar-refractivity contribution in [1.29, 1.82) is 0 Å². The summed E-state index contributed by atoms with van der Waals surface area (Å²) in [5, 5.41) is 7.27. The van der Waals surface area contributed by atoms with Gasteiger partial charge in [0.05, 0.1) is 0 Å². The van der Waals surface area contributed by atoms with Crippen molar-refractivity contribution in [2.24, 2.45) is 0 Å². The summed E-state index contributed by atoms with van der Waals surface area (Å²) in [5.41, 5.74) is 1.44. The predicted octanol–water partition coefficient (Wildman–Crippen LogP) is 1.60. The number of nitrogens with zero attached hydrogens (tertiary/aromatic N) is 1. The molecule has 2 aliphatic rings. The Hall–Kier alpha value is -0.900. The maximum absolute atomic E-state index is 3.83. The van der Waals surface area contributed by atoms with Crippen molar-refractivity contribution in [2.75, 3.05) is 26.2 Å². The molecule has 3 rings (SSSR count). The van der Waals surface area contributed by atoms with Crippen molar-refractivity contribution < 1.29 is 0 Å². The van der Waals surface area contributed by atoms with Crippen LogP contribution in [0.25, 0.3) is 0 Å². The van der Waals surface area contributed by atoms with Crippen LogP contribution >= 0.6 is 0 Å². The van der Waals surface area contributed by atoms with E-state index in [0.29, 0.717) is 12.1 Å². The van der Waals surface area contributed by atoms with Crippen LogP contribution in [0.3, 0.4) is 0 Å². The molecule has 2 saturated heterocycles. The first-order valence-corrected chi connectivity index (χ1v) is 7.63. The molecule has 0 amide bonds. The van der Waals surface area contributed by atoms with Crippen LogP contribution in [-0.2, 0) is 6.54 Å². The summed E-state index contributed by atoms with van der Waals surface area (Å²) in [5.74, 6) is 0. The molecule has 0 aromatic heterocycles. The number of rotatable bonds is 4. The average molecular weight is 259 g/mol. The molecular weight excluding hydrogens is 234 g/mol. The van der Waals surface area contributed by atoms with E-state index >= 15 is 0 Å². The Kier molecular flexibility index (Phi) is 4.49. The lowest BCUT2D eigenvalue weighted by Gasteiger charge is -2.34. The van der Waals surface area contributed by atoms with Gasteiger partial charge in [-0.1, -0.05) is 30.3 Å². The van der Waals surface area contributed by atoms with E-state index in [-0.39, 0.29) is 0 Å². The van der Waals surface area contributed by atoms with Crippen LogP contribution in [0.4, 0.5) is 0 Å². The second-order valence-electron chi connectivity index (χ2n) is 5.92. The quantitative estimate of drug-likeness (QED) is 0.860. The molecule has 0 spiro atoms. The maximum Gasteiger partial charge on any atom is 0.0234 e. The molecule has 0 saturated carbocycles. The van der Waals surface area contributed by atoms with E-state index < -0.39 is 0 Å². The van der Waals surface area contributed by atoms with Gasteiger partial charge in [0.25, 0.3) is 0 Å². The molecule has 1 aromatic carbocycles. The van der Waals surface area contributed by atoms with Gasteiger partial charge in [-0.15, -0.1) is 0 Å². The van der Waals surface area contributed by atoms with Crippen LogP contribution < -0.4 is 10.6 Å². The fourth-order valence-corrected chi connectivity index (χ4v) is 3.31. The zero-order chi connectivity index (χ0) is 12.9. The maximum atomic E-state index is 3.83. The lowest BCUT2D eigenvalue weighted by Crippen LogP contribution is -2.49. The van der Waals surface area contributed by atoms with E-state index in [0.717, 1.165) is 13.1 Å². The van der Waals surface area contributed by atoms with Gasteiger partial charge in [-0.2, -0.15) is 0 Å². The van der Waals surface area contributed by atoms with Crippen LogP contribution in [0.1, 0.15) is 24.8 Å². The summed E-state index contributed by atoms with van der Waals surface area (Å²) in [6, 6.07) is 12.2. The fourth-order valence-electron chi connectivity index (χ4n) is 3.31. The van der Waals surface area contributed by atoms with E-state index in [2.05, 4.69) is 45.9 Å². The molecule has 2 N–H and O–H groups in total. The number of likely N-dealkylation sites (tertiary alicyclic amines) is 1. The average Bonchev–Trinajstić information content (AvgIpc) is 2.93. The Morgan fingerprint density at radius 1 is 1.16 bits per heavy atom. The third-order valence-electron chi connectivity index (χ3n) is 4.29. The first kappa shape index (κ1) is 13.1. The molecule has 2 aliphatic heterocycles. The smallest absolute Gasteiger partial charge is 0.0234 e. The van der Waals surface area contributed by atoms with Crippen molar-refractivity contribution in [3.8, 4) is 0 Å². The number of nitrogens with one attached hydrogen (secondary N) is 2. The highest BCUT2D eigenvalue weighted by atomic mass is 15.2. The number of hydrogen-bond donors (Lipinski definition) is 2. The van der Waals surface area contributed by atoms with Crippen molar-refractivity contribution in [3.63, 3.8) is 0 Å². The second-order valence-corrected chi connectivity index (χ2v) is 5.92. The lowest BCUT2D eigenvalue weighted by molar-refractivity contribution is 0.177. The molecule has 0 bridgehead atoms. The zero-order valence-corrected chi connectivity index (χ0v) is 11.6. The minimum atomic E-state index is 0.683. The van der Waals surface area contributed by atoms with Gasteiger partial charge >= 0.3 is 0 Å². The fraction of sp³-hybridized carbons (Fsp3) is 0.625. The van der Waals surface area contributed by atoms with E-state index in [9.17, 15) is 0 Å². The van der Waals surface area contributed by atoms with Crippen molar-refractivity contribution >= 4 is 0 Å². The highest BCUT2D eigenvalue weighted by Gasteiger charge is 2.23. The number of benzene rings is 1. The molecule has 1 aromatic rings. The molecule has 104 valence electrons. The Balaban J connectivity index is 1.50. The molecule has 1 unspecified atom stereocenters. The summed E-state index contributed by atoms with van der Waals surface area (Å²) in [4.78, 5) is 2.60. The Morgan fingerprint density at radius 3 is 2.84 bits per heavy atom. The summed E-state index contributed by atoms with van der Waals surface area (Å²) < 4.78 is 0. The summed E-state index contributed by atoms with van der Waals surface area (Å²) >= 11 is 0. The monoisotopic (exact) mass is 259 g/mol. The first-order chi connectivity index (χ1) is 9.40. The highest BCUT2D eigenvalue weighted by Crippen LogP contribution is 2.15. The third-order valence-corrected chi connectivity index (χ3v) is 4.29. The van der Waals surface area contributed by atoms with Crippen LogP contribution in [0, 0.1) is 0 Å². The van der Waals surface area contributed by atoms with Crippen molar-refractivity contribution in [3.05, 3.63) is 35.9 Å². The van der Waals surface area contributed by atoms with Crippen molar-refractivity contribution in [1.82, 2.24) is 15.5 Å². The van der Waals surface area contributed by atoms with Gasteiger partial charge in [0, 0.05) is 31.7 Å². The molecule has 3 heteroatoms. The van der Waals surface area contributed by atoms with Gasteiger partial charge in [-0.3, -0.25) is 4.90 Å². The van der Waals surface area contributed by atoms with Gasteiger partial charge in [0.15, 0.2) is 0 Å². The molecule has 3 nitrogen and oxygen atoms in total. The molecule has 2 atom stereocenters. The minimum Gasteiger partial charge on any atom is -0.315 e. The first-order valence-electron chi connectivity index (χ1n) is 7.63. The molecule has 0 radical (unpaired) electrons. The van der Waals surface area contributed by atoms with E-state index in [1.165, 1.54) is 44.5 Å². The Labute approximate surface area is 116 Å². The van der Waals surface area contributed by atoms with Crippen LogP contribution in [0.15, 0.2) is 30.3 Å². The van der Waals surface area contributed by atoms with Crippen molar-refractivity contribution in [2.45, 2.75) is 37.9 Å². The number of hydrogen-bond acceptors (Lipinski definition) is 3. The molecule has 2 fully saturated rings. The topological polar surface area (TPSA) is 27.3 Å². The SMILES string of the molecule is c1ccc(CN2CCCC(N[C@@H]3CCNC3)C2)cc1. The largest absolute Gasteiger partial charge is 0.315 e. The summed E-state index contributed by atoms with van der Waals surface area (Å²) in [7, 11) is 0. The van der Waals surface area contributed by atoms with Gasteiger partial charge in [0.1, 0.15) is 0 Å². The standard InChI is InChI=1S/C16H25N3/c1-2-5-14(6-3-1)12-19-10-4-7-16(13-19)18-15-8-9-17-11-15/h1-3,5-6,15-18H,4,7-13H2/t15-,16?/m1/s1. The van der Waals surface area contributed by atoms with Crippen LogP contribution in [0.5, 0.6) is 0 Å². The third kappa shape index (κ3) is 3.78. The summed E-state index contributed by atoms with van der Waals surface area (Å²) in [6.07, 6.45) is 3.95. The summed E-state index contributed by atoms with van der Waals surface area (Å²) in [6.45, 7) is 5.87. The van der Waals surface area contributed by atoms with Gasteiger partial charge in [-0.25, -0.2) is 0 Å². The lowest BCUT2D eigenvalue weighted by atomic mass is 10.0. The molecule has 19 heavy (non-hydrogen) atoms. The Morgan fingerprint density at radius 2 is 2.05 bits per heavy atom. The van der Waals surface area contributed by atoms with Gasteiger partial charge < -0.3 is 10.6 Å². The molecular formula is C16H25N3. The van der Waals surface area contributed by atoms with E-state index in [4.69, 9.17) is 0 Å². The normalized spacial score (nSPS) is 28.6. The predicted molar refractivity (Wildman–Crippen MR) is 79.2 cm³/mol. The van der Waals surface area contributed by atoms with Crippen LogP contribution in [-0.4, -0.2) is 43.2 Å². The Bertz CT molecular complexity index is 373. The number of piperidine rings is 1. The van der Waals surface area contributed by atoms with Crippen LogP contribution in [0.2, 0.25) is 0 Å². The molecule has 2 heterocycles. The second kappa shape index (κ2) is 6.51. The molecule has 0 aliphatic carbocycles.